The van der Waals surface area contributed by atoms with Gasteiger partial charge in [-0.2, -0.15) is 0 Å². The summed E-state index contributed by atoms with van der Waals surface area (Å²) in [5.41, 5.74) is 6.85. The van der Waals surface area contributed by atoms with Crippen molar-refractivity contribution in [2.75, 3.05) is 5.75 Å². The van der Waals surface area contributed by atoms with Crippen LogP contribution in [0.15, 0.2) is 28.5 Å². The molecule has 110 valence electrons. The van der Waals surface area contributed by atoms with Crippen molar-refractivity contribution in [1.82, 2.24) is 0 Å². The highest BCUT2D eigenvalue weighted by molar-refractivity contribution is 7.95. The summed E-state index contributed by atoms with van der Waals surface area (Å²) in [6, 6.07) is 4.96. The Morgan fingerprint density at radius 1 is 1.25 bits per heavy atom. The maximum absolute atomic E-state index is 12.2. The van der Waals surface area contributed by atoms with Gasteiger partial charge in [0.15, 0.2) is 9.84 Å². The van der Waals surface area contributed by atoms with Crippen molar-refractivity contribution in [3.05, 3.63) is 34.7 Å². The van der Waals surface area contributed by atoms with E-state index in [2.05, 4.69) is 0 Å². The molecule has 2 rings (SSSR count). The molecule has 1 heterocycles. The van der Waals surface area contributed by atoms with Crippen molar-refractivity contribution in [2.45, 2.75) is 30.5 Å². The number of hydrogen-bond acceptors (Lipinski definition) is 5. The third-order valence-corrected chi connectivity index (χ3v) is 7.12. The van der Waals surface area contributed by atoms with Crippen LogP contribution in [0.2, 0.25) is 0 Å². The number of fused-ring (bicyclic) bond motifs is 1. The normalized spacial score (nSPS) is 17.1. The lowest BCUT2D eigenvalue weighted by Crippen LogP contribution is -2.18. The van der Waals surface area contributed by atoms with E-state index in [9.17, 15) is 16.8 Å². The van der Waals surface area contributed by atoms with Gasteiger partial charge >= 0.3 is 0 Å². The number of benzene rings is 1. The minimum atomic E-state index is -3.60. The van der Waals surface area contributed by atoms with E-state index in [1.807, 2.05) is 0 Å². The Labute approximate surface area is 119 Å². The summed E-state index contributed by atoms with van der Waals surface area (Å²) >= 11 is 0. The van der Waals surface area contributed by atoms with Gasteiger partial charge in [-0.3, -0.25) is 0 Å². The lowest BCUT2D eigenvalue weighted by Gasteiger charge is -2.10. The van der Waals surface area contributed by atoms with E-state index in [4.69, 9.17) is 5.73 Å². The first-order valence-electron chi connectivity index (χ1n) is 6.18. The monoisotopic (exact) mass is 315 g/mol. The number of hydrogen-bond donors (Lipinski definition) is 1. The van der Waals surface area contributed by atoms with Gasteiger partial charge in [0.05, 0.1) is 15.9 Å². The average Bonchev–Trinajstić information content (AvgIpc) is 2.60. The molecule has 5 nitrogen and oxygen atoms in total. The minimum absolute atomic E-state index is 0.0977. The molecular weight excluding hydrogens is 298 g/mol. The van der Waals surface area contributed by atoms with Gasteiger partial charge in [0, 0.05) is 12.0 Å². The summed E-state index contributed by atoms with van der Waals surface area (Å²) < 4.78 is 48.3. The molecule has 0 fully saturated rings. The molecule has 0 spiro atoms. The van der Waals surface area contributed by atoms with E-state index in [0.29, 0.717) is 16.7 Å². The molecule has 0 saturated heterocycles. The Morgan fingerprint density at radius 3 is 2.45 bits per heavy atom. The number of rotatable bonds is 4. The highest BCUT2D eigenvalue weighted by Crippen LogP contribution is 2.36. The van der Waals surface area contributed by atoms with Crippen LogP contribution >= 0.6 is 0 Å². The molecule has 1 aliphatic rings. The van der Waals surface area contributed by atoms with Crippen molar-refractivity contribution in [3.63, 3.8) is 0 Å². The Balaban J connectivity index is 2.58. The molecule has 0 aromatic heterocycles. The van der Waals surface area contributed by atoms with Crippen LogP contribution in [0, 0.1) is 0 Å². The summed E-state index contributed by atoms with van der Waals surface area (Å²) in [6.07, 6.45) is 0. The van der Waals surface area contributed by atoms with Gasteiger partial charge in [-0.15, -0.1) is 0 Å². The van der Waals surface area contributed by atoms with Crippen molar-refractivity contribution in [1.29, 1.82) is 0 Å². The number of sulfone groups is 2. The molecule has 0 aliphatic carbocycles. The van der Waals surface area contributed by atoms with Gasteiger partial charge in [-0.05, 0) is 30.5 Å². The van der Waals surface area contributed by atoms with E-state index >= 15 is 0 Å². The predicted molar refractivity (Wildman–Crippen MR) is 78.4 cm³/mol. The van der Waals surface area contributed by atoms with Crippen LogP contribution in [0.5, 0.6) is 0 Å². The van der Waals surface area contributed by atoms with Crippen LogP contribution in [0.25, 0.3) is 5.57 Å². The van der Waals surface area contributed by atoms with Crippen molar-refractivity contribution >= 4 is 25.2 Å². The van der Waals surface area contributed by atoms with Gasteiger partial charge in [-0.1, -0.05) is 18.2 Å². The molecule has 1 aliphatic heterocycles. The first kappa shape index (κ1) is 15.2. The van der Waals surface area contributed by atoms with E-state index in [0.717, 1.165) is 5.41 Å². The maximum atomic E-state index is 12.2. The topological polar surface area (TPSA) is 94.3 Å². The Bertz CT molecular complexity index is 775. The Morgan fingerprint density at radius 2 is 1.90 bits per heavy atom. The minimum Gasteiger partial charge on any atom is -0.326 e. The van der Waals surface area contributed by atoms with E-state index in [-0.39, 0.29) is 17.2 Å². The molecule has 1 aromatic carbocycles. The molecule has 2 N–H and O–H groups in total. The van der Waals surface area contributed by atoms with Crippen LogP contribution in [-0.2, 0) is 26.2 Å². The van der Waals surface area contributed by atoms with Crippen LogP contribution in [0.3, 0.4) is 0 Å². The zero-order valence-corrected chi connectivity index (χ0v) is 13.0. The average molecular weight is 315 g/mol. The largest absolute Gasteiger partial charge is 0.326 e. The Kier molecular flexibility index (Phi) is 3.79. The molecule has 1 aromatic rings. The van der Waals surface area contributed by atoms with E-state index in [1.54, 1.807) is 32.0 Å². The summed E-state index contributed by atoms with van der Waals surface area (Å²) in [5, 5.41) is 0.504. The standard InChI is InChI=1S/C13H17NO4S2/c1-9(2)19(15,16)7-11-8-20(17,18)13-10(6-14)4-3-5-12(11)13/h3-5,8-9H,6-7,14H2,1-2H3. The Hall–Kier alpha value is -1.18. The second-order valence-electron chi connectivity index (χ2n) is 5.04. The zero-order valence-electron chi connectivity index (χ0n) is 11.3. The highest BCUT2D eigenvalue weighted by Gasteiger charge is 2.32. The molecule has 0 unspecified atom stereocenters. The summed E-state index contributed by atoms with van der Waals surface area (Å²) in [5.74, 6) is -0.273. The van der Waals surface area contributed by atoms with E-state index in [1.165, 1.54) is 0 Å². The third-order valence-electron chi connectivity index (χ3n) is 3.32. The fourth-order valence-electron chi connectivity index (χ4n) is 2.14. The second-order valence-corrected chi connectivity index (χ2v) is 9.33. The maximum Gasteiger partial charge on any atom is 0.201 e. The fraction of sp³-hybridized carbons (Fsp3) is 0.385. The molecule has 0 atom stereocenters. The molecule has 0 radical (unpaired) electrons. The van der Waals surface area contributed by atoms with Gasteiger partial charge < -0.3 is 5.73 Å². The fourth-order valence-corrected chi connectivity index (χ4v) is 4.98. The van der Waals surface area contributed by atoms with Crippen LogP contribution in [0.1, 0.15) is 25.0 Å². The quantitative estimate of drug-likeness (QED) is 0.897. The first-order chi connectivity index (χ1) is 9.19. The van der Waals surface area contributed by atoms with Gasteiger partial charge in [0.25, 0.3) is 0 Å². The molecule has 0 bridgehead atoms. The summed E-state index contributed by atoms with van der Waals surface area (Å²) in [7, 11) is -6.96. The lowest BCUT2D eigenvalue weighted by atomic mass is 10.1. The van der Waals surface area contributed by atoms with Crippen molar-refractivity contribution in [3.8, 4) is 0 Å². The SMILES string of the molecule is CC(C)S(=O)(=O)CC1=CS(=O)(=O)c2c(CN)cccc21. The van der Waals surface area contributed by atoms with Crippen LogP contribution in [-0.4, -0.2) is 27.8 Å². The molecule has 7 heteroatoms. The van der Waals surface area contributed by atoms with Crippen molar-refractivity contribution < 1.29 is 16.8 Å². The van der Waals surface area contributed by atoms with Gasteiger partial charge in [-0.25, -0.2) is 16.8 Å². The van der Waals surface area contributed by atoms with Crippen LogP contribution < -0.4 is 5.73 Å². The molecule has 0 amide bonds. The summed E-state index contributed by atoms with van der Waals surface area (Å²) in [4.78, 5) is 0.149. The highest BCUT2D eigenvalue weighted by atomic mass is 32.2. The van der Waals surface area contributed by atoms with Crippen LogP contribution in [0.4, 0.5) is 0 Å². The lowest BCUT2D eigenvalue weighted by molar-refractivity contribution is 0.590. The smallest absolute Gasteiger partial charge is 0.201 e. The van der Waals surface area contributed by atoms with Crippen molar-refractivity contribution in [2.24, 2.45) is 5.73 Å². The third kappa shape index (κ3) is 2.53. The summed E-state index contributed by atoms with van der Waals surface area (Å²) in [6.45, 7) is 3.26. The van der Waals surface area contributed by atoms with Gasteiger partial charge in [0.2, 0.25) is 9.84 Å². The molecular formula is C13H17NO4S2. The molecule has 0 saturated carbocycles. The predicted octanol–water partition coefficient (Wildman–Crippen LogP) is 1.10. The van der Waals surface area contributed by atoms with E-state index < -0.39 is 24.9 Å². The number of nitrogens with two attached hydrogens (primary N) is 1. The molecule has 20 heavy (non-hydrogen) atoms. The second kappa shape index (κ2) is 4.98. The van der Waals surface area contributed by atoms with Gasteiger partial charge in [0.1, 0.15) is 0 Å². The first-order valence-corrected chi connectivity index (χ1v) is 9.45. The zero-order chi connectivity index (χ0) is 15.1.